The Morgan fingerprint density at radius 1 is 1.28 bits per heavy atom. The molecule has 0 saturated heterocycles. The number of benzene rings is 1. The van der Waals surface area contributed by atoms with Crippen LogP contribution in [0.25, 0.3) is 0 Å². The van der Waals surface area contributed by atoms with Crippen molar-refractivity contribution >= 4 is 5.91 Å². The quantitative estimate of drug-likeness (QED) is 0.183. The third kappa shape index (κ3) is 9.82. The van der Waals surface area contributed by atoms with Crippen LogP contribution >= 0.6 is 0 Å². The zero-order valence-corrected chi connectivity index (χ0v) is 19.3. The molecule has 0 spiro atoms. The number of likely N-dealkylation sites (N-methyl/N-ethyl adjacent to an activating group) is 1. The van der Waals surface area contributed by atoms with Crippen LogP contribution < -0.4 is 10.1 Å². The summed E-state index contributed by atoms with van der Waals surface area (Å²) in [5.41, 5.74) is 1.25. The third-order valence-electron chi connectivity index (χ3n) is 5.88. The molecule has 0 radical (unpaired) electrons. The van der Waals surface area contributed by atoms with E-state index in [2.05, 4.69) is 16.2 Å². The Kier molecular flexibility index (Phi) is 10.7. The summed E-state index contributed by atoms with van der Waals surface area (Å²) in [5.74, 6) is 1.35. The molecule has 2 rings (SSSR count). The predicted molar refractivity (Wildman–Crippen MR) is 121 cm³/mol. The second-order valence-corrected chi connectivity index (χ2v) is 9.19. The molecule has 1 aliphatic rings. The van der Waals surface area contributed by atoms with E-state index < -0.39 is 11.2 Å². The molecule has 0 aliphatic heterocycles. The molecular weight excluding hydrogens is 414 g/mol. The molecule has 1 aromatic carbocycles. The van der Waals surface area contributed by atoms with Gasteiger partial charge >= 0.3 is 0 Å². The van der Waals surface area contributed by atoms with Crippen molar-refractivity contribution in [2.45, 2.75) is 57.0 Å². The van der Waals surface area contributed by atoms with Crippen molar-refractivity contribution in [3.05, 3.63) is 39.9 Å². The Labute approximate surface area is 190 Å². The van der Waals surface area contributed by atoms with Crippen LogP contribution in [0.5, 0.6) is 5.75 Å². The molecule has 0 heterocycles. The lowest BCUT2D eigenvalue weighted by Gasteiger charge is -2.32. The third-order valence-corrected chi connectivity index (χ3v) is 5.88. The van der Waals surface area contributed by atoms with Crippen LogP contribution in [0.3, 0.4) is 0 Å². The number of nitrogens with one attached hydrogen (secondary N) is 1. The number of ether oxygens (including phenoxy) is 1. The molecule has 1 aromatic rings. The van der Waals surface area contributed by atoms with Gasteiger partial charge in [-0.3, -0.25) is 4.79 Å². The number of hydrogen-bond donors (Lipinski definition) is 2. The van der Waals surface area contributed by atoms with E-state index >= 15 is 0 Å². The summed E-state index contributed by atoms with van der Waals surface area (Å²) in [7, 11) is 4.02. The highest BCUT2D eigenvalue weighted by atomic mass is 16.9. The molecule has 1 atom stereocenters. The fourth-order valence-corrected chi connectivity index (χ4v) is 4.20. The monoisotopic (exact) mass is 452 g/mol. The predicted octanol–water partition coefficient (Wildman–Crippen LogP) is 2.66. The highest BCUT2D eigenvalue weighted by molar-refractivity contribution is 5.75. The Morgan fingerprint density at radius 2 is 2.00 bits per heavy atom. The largest absolute Gasteiger partial charge is 0.490 e. The summed E-state index contributed by atoms with van der Waals surface area (Å²) >= 11 is 0. The van der Waals surface area contributed by atoms with Crippen molar-refractivity contribution < 1.29 is 29.0 Å². The number of rotatable bonds is 15. The zero-order chi connectivity index (χ0) is 23.4. The standard InChI is InChI=1S/C23H37N3O6/c1-26(2,15-14-24-23(28)13-7-8-16-32-25(29)30)17-20(27)18-31-22-12-6-5-11-21(22)19-9-3-4-10-19/h5-6,11-12,19-20,27H,3-4,7-10,13-18H2,1-2H3/p+1. The fourth-order valence-electron chi connectivity index (χ4n) is 4.20. The highest BCUT2D eigenvalue weighted by Gasteiger charge is 2.23. The van der Waals surface area contributed by atoms with Crippen LogP contribution in [-0.2, 0) is 9.63 Å². The van der Waals surface area contributed by atoms with Gasteiger partial charge in [0.2, 0.25) is 5.91 Å². The summed E-state index contributed by atoms with van der Waals surface area (Å²) < 4.78 is 6.54. The van der Waals surface area contributed by atoms with E-state index in [1.807, 2.05) is 32.3 Å². The first kappa shape index (κ1) is 25.9. The minimum Gasteiger partial charge on any atom is -0.490 e. The molecule has 0 aromatic heterocycles. The number of aliphatic hydroxyl groups excluding tert-OH is 1. The molecule has 2 N–H and O–H groups in total. The smallest absolute Gasteiger partial charge is 0.294 e. The minimum atomic E-state index is -0.825. The lowest BCUT2D eigenvalue weighted by Crippen LogP contribution is -2.50. The van der Waals surface area contributed by atoms with Crippen molar-refractivity contribution in [1.82, 2.24) is 5.32 Å². The second-order valence-electron chi connectivity index (χ2n) is 9.19. The number of carbonyl (C=O) groups is 1. The van der Waals surface area contributed by atoms with Gasteiger partial charge in [0.15, 0.2) is 0 Å². The Bertz CT molecular complexity index is 721. The molecule has 9 nitrogen and oxygen atoms in total. The van der Waals surface area contributed by atoms with Gasteiger partial charge in [-0.2, -0.15) is 0 Å². The molecule has 1 fully saturated rings. The van der Waals surface area contributed by atoms with Gasteiger partial charge in [-0.1, -0.05) is 31.0 Å². The van der Waals surface area contributed by atoms with Gasteiger partial charge in [0.25, 0.3) is 5.09 Å². The first-order chi connectivity index (χ1) is 15.3. The van der Waals surface area contributed by atoms with E-state index in [4.69, 9.17) is 4.74 Å². The second kappa shape index (κ2) is 13.2. The summed E-state index contributed by atoms with van der Waals surface area (Å²) in [6.45, 7) is 1.93. The average Bonchev–Trinajstić information content (AvgIpc) is 3.26. The van der Waals surface area contributed by atoms with Crippen molar-refractivity contribution in [2.24, 2.45) is 0 Å². The number of para-hydroxylation sites is 1. The van der Waals surface area contributed by atoms with Crippen molar-refractivity contribution in [1.29, 1.82) is 0 Å². The summed E-state index contributed by atoms with van der Waals surface area (Å²) in [4.78, 5) is 26.2. The van der Waals surface area contributed by atoms with Crippen molar-refractivity contribution in [3.63, 3.8) is 0 Å². The highest BCUT2D eigenvalue weighted by Crippen LogP contribution is 2.38. The topological polar surface area (TPSA) is 111 Å². The minimum absolute atomic E-state index is 0.00922. The van der Waals surface area contributed by atoms with Gasteiger partial charge in [0.1, 0.15) is 25.0 Å². The molecule has 0 bridgehead atoms. The van der Waals surface area contributed by atoms with Crippen LogP contribution in [-0.4, -0.2) is 73.6 Å². The maximum atomic E-state index is 11.9. The van der Waals surface area contributed by atoms with Gasteiger partial charge in [-0.25, -0.2) is 0 Å². The number of hydrogen-bond acceptors (Lipinski definition) is 6. The van der Waals surface area contributed by atoms with Crippen LogP contribution in [0.4, 0.5) is 0 Å². The molecule has 1 unspecified atom stereocenters. The SMILES string of the molecule is C[N+](C)(CCNC(=O)CCCCO[N+](=O)[O-])CC(O)COc1ccccc1C1CCCC1. The molecule has 9 heteroatoms. The molecule has 1 saturated carbocycles. The van der Waals surface area contributed by atoms with Gasteiger partial charge in [-0.15, -0.1) is 10.1 Å². The number of quaternary nitrogens is 1. The van der Waals surface area contributed by atoms with Gasteiger partial charge in [0.05, 0.1) is 33.8 Å². The first-order valence-electron chi connectivity index (χ1n) is 11.5. The van der Waals surface area contributed by atoms with E-state index in [0.29, 0.717) is 49.3 Å². The maximum Gasteiger partial charge on any atom is 0.294 e. The number of aliphatic hydroxyl groups is 1. The zero-order valence-electron chi connectivity index (χ0n) is 19.3. The van der Waals surface area contributed by atoms with Crippen LogP contribution in [0.1, 0.15) is 56.4 Å². The Hall–Kier alpha value is -2.39. The summed E-state index contributed by atoms with van der Waals surface area (Å²) in [6.07, 6.45) is 5.63. The molecule has 180 valence electrons. The van der Waals surface area contributed by atoms with Crippen LogP contribution in [0.15, 0.2) is 24.3 Å². The molecule has 1 amide bonds. The summed E-state index contributed by atoms with van der Waals surface area (Å²) in [5, 5.41) is 22.6. The van der Waals surface area contributed by atoms with Crippen molar-refractivity contribution in [2.75, 3.05) is 46.9 Å². The number of unbranched alkanes of at least 4 members (excludes halogenated alkanes) is 1. The summed E-state index contributed by atoms with van der Waals surface area (Å²) in [6, 6.07) is 8.14. The van der Waals surface area contributed by atoms with Crippen LogP contribution in [0.2, 0.25) is 0 Å². The molecule has 32 heavy (non-hydrogen) atoms. The van der Waals surface area contributed by atoms with Crippen LogP contribution in [0, 0.1) is 10.1 Å². The van der Waals surface area contributed by atoms with E-state index in [-0.39, 0.29) is 19.1 Å². The first-order valence-corrected chi connectivity index (χ1v) is 11.5. The fraction of sp³-hybridized carbons (Fsp3) is 0.696. The lowest BCUT2D eigenvalue weighted by atomic mass is 9.97. The number of amides is 1. The normalized spacial score (nSPS) is 15.3. The number of carbonyl (C=O) groups excluding carboxylic acids is 1. The molecular formula is C23H38N3O6+. The van der Waals surface area contributed by atoms with E-state index in [1.165, 1.54) is 31.2 Å². The lowest BCUT2D eigenvalue weighted by molar-refractivity contribution is -0.892. The van der Waals surface area contributed by atoms with Gasteiger partial charge in [-0.05, 0) is 43.2 Å². The molecule has 1 aliphatic carbocycles. The van der Waals surface area contributed by atoms with Gasteiger partial charge in [0, 0.05) is 6.42 Å². The van der Waals surface area contributed by atoms with E-state index in [9.17, 15) is 20.0 Å². The Balaban J connectivity index is 1.65. The average molecular weight is 453 g/mol. The van der Waals surface area contributed by atoms with Crippen molar-refractivity contribution in [3.8, 4) is 5.75 Å². The van der Waals surface area contributed by atoms with E-state index in [1.54, 1.807) is 0 Å². The van der Waals surface area contributed by atoms with Gasteiger partial charge < -0.3 is 24.5 Å². The Morgan fingerprint density at radius 3 is 2.72 bits per heavy atom. The maximum absolute atomic E-state index is 11.9. The number of nitrogens with zero attached hydrogens (tertiary/aromatic N) is 2. The van der Waals surface area contributed by atoms with E-state index in [0.717, 1.165) is 5.75 Å².